The Morgan fingerprint density at radius 2 is 2.05 bits per heavy atom. The van der Waals surface area contributed by atoms with Crippen LogP contribution < -0.4 is 10.1 Å². The average molecular weight is 293 g/mol. The lowest BCUT2D eigenvalue weighted by Gasteiger charge is -2.10. The number of amides is 1. The first-order chi connectivity index (χ1) is 9.92. The molecule has 1 unspecified atom stereocenters. The van der Waals surface area contributed by atoms with Crippen LogP contribution in [0.2, 0.25) is 0 Å². The molecule has 0 fully saturated rings. The lowest BCUT2D eigenvalue weighted by molar-refractivity contribution is -0.146. The number of carboxylic acids is 2. The summed E-state index contributed by atoms with van der Waals surface area (Å²) >= 11 is 0. The van der Waals surface area contributed by atoms with Gasteiger partial charge in [0.2, 0.25) is 5.91 Å². The number of nitrogens with one attached hydrogen (secondary N) is 1. The van der Waals surface area contributed by atoms with Crippen LogP contribution in [0.25, 0.3) is 6.08 Å². The van der Waals surface area contributed by atoms with Gasteiger partial charge < -0.3 is 20.3 Å². The smallest absolute Gasteiger partial charge is 0.326 e. The lowest BCUT2D eigenvalue weighted by atomic mass is 10.2. The number of ether oxygens (including phenoxy) is 1. The summed E-state index contributed by atoms with van der Waals surface area (Å²) in [7, 11) is 1.51. The second-order valence-electron chi connectivity index (χ2n) is 4.11. The van der Waals surface area contributed by atoms with E-state index in [1.165, 1.54) is 13.2 Å². The van der Waals surface area contributed by atoms with E-state index in [0.717, 1.165) is 6.08 Å². The summed E-state index contributed by atoms with van der Waals surface area (Å²) in [5.74, 6) is -2.78. The molecule has 21 heavy (non-hydrogen) atoms. The number of carbonyl (C=O) groups excluding carboxylic acids is 1. The third-order valence-electron chi connectivity index (χ3n) is 2.51. The molecule has 0 bridgehead atoms. The van der Waals surface area contributed by atoms with Crippen LogP contribution in [0.15, 0.2) is 30.3 Å². The van der Waals surface area contributed by atoms with Crippen molar-refractivity contribution in [2.45, 2.75) is 12.5 Å². The van der Waals surface area contributed by atoms with Crippen molar-refractivity contribution < 1.29 is 29.3 Å². The Kier molecular flexibility index (Phi) is 5.94. The largest absolute Gasteiger partial charge is 0.497 e. The Labute approximate surface area is 120 Å². The molecular formula is C14H15NO6. The van der Waals surface area contributed by atoms with Crippen molar-refractivity contribution in [3.8, 4) is 5.75 Å². The minimum Gasteiger partial charge on any atom is -0.497 e. The average Bonchev–Trinajstić information content (AvgIpc) is 2.44. The summed E-state index contributed by atoms with van der Waals surface area (Å²) in [5.41, 5.74) is 0.689. The molecule has 7 nitrogen and oxygen atoms in total. The summed E-state index contributed by atoms with van der Waals surface area (Å²) in [6, 6.07) is 5.43. The molecule has 112 valence electrons. The first kappa shape index (κ1) is 16.2. The van der Waals surface area contributed by atoms with Crippen molar-refractivity contribution in [2.24, 2.45) is 0 Å². The molecule has 0 aromatic heterocycles. The number of hydrogen-bond acceptors (Lipinski definition) is 4. The molecule has 7 heteroatoms. The molecule has 0 aliphatic heterocycles. The molecule has 1 aromatic rings. The molecule has 0 aliphatic carbocycles. The van der Waals surface area contributed by atoms with Gasteiger partial charge in [0.15, 0.2) is 0 Å². The van der Waals surface area contributed by atoms with Crippen LogP contribution in [0.3, 0.4) is 0 Å². The van der Waals surface area contributed by atoms with Crippen molar-refractivity contribution in [3.05, 3.63) is 35.9 Å². The van der Waals surface area contributed by atoms with Crippen molar-refractivity contribution in [1.29, 1.82) is 0 Å². The van der Waals surface area contributed by atoms with Crippen LogP contribution in [0.1, 0.15) is 12.0 Å². The highest BCUT2D eigenvalue weighted by Crippen LogP contribution is 2.13. The number of methoxy groups -OCH3 is 1. The van der Waals surface area contributed by atoms with Crippen LogP contribution in [0.4, 0.5) is 0 Å². The van der Waals surface area contributed by atoms with E-state index in [4.69, 9.17) is 14.9 Å². The van der Waals surface area contributed by atoms with E-state index >= 15 is 0 Å². The normalized spacial score (nSPS) is 11.9. The molecule has 1 aromatic carbocycles. The highest BCUT2D eigenvalue weighted by Gasteiger charge is 2.21. The van der Waals surface area contributed by atoms with Gasteiger partial charge in [-0.05, 0) is 23.8 Å². The quantitative estimate of drug-likeness (QED) is 0.639. The molecular weight excluding hydrogens is 278 g/mol. The van der Waals surface area contributed by atoms with Gasteiger partial charge in [0.05, 0.1) is 13.5 Å². The van der Waals surface area contributed by atoms with E-state index in [2.05, 4.69) is 5.32 Å². The maximum atomic E-state index is 11.6. The van der Waals surface area contributed by atoms with Crippen LogP contribution >= 0.6 is 0 Å². The summed E-state index contributed by atoms with van der Waals surface area (Å²) in [4.78, 5) is 32.9. The summed E-state index contributed by atoms with van der Waals surface area (Å²) in [6.07, 6.45) is 1.91. The molecule has 0 heterocycles. The van der Waals surface area contributed by atoms with E-state index in [1.54, 1.807) is 24.3 Å². The minimum absolute atomic E-state index is 0.617. The molecule has 0 saturated carbocycles. The van der Waals surface area contributed by atoms with E-state index in [0.29, 0.717) is 11.3 Å². The Bertz CT molecular complexity index is 566. The molecule has 1 atom stereocenters. The van der Waals surface area contributed by atoms with Gasteiger partial charge in [0.25, 0.3) is 0 Å². The lowest BCUT2D eigenvalue weighted by Crippen LogP contribution is -2.41. The summed E-state index contributed by atoms with van der Waals surface area (Å²) < 4.78 is 5.02. The maximum absolute atomic E-state index is 11.6. The number of hydrogen-bond donors (Lipinski definition) is 3. The second kappa shape index (κ2) is 7.68. The second-order valence-corrected chi connectivity index (χ2v) is 4.11. The first-order valence-electron chi connectivity index (χ1n) is 5.99. The van der Waals surface area contributed by atoms with E-state index in [1.807, 2.05) is 0 Å². The van der Waals surface area contributed by atoms with Crippen LogP contribution in [0.5, 0.6) is 5.75 Å². The molecule has 1 rings (SSSR count). The molecule has 0 saturated heterocycles. The monoisotopic (exact) mass is 293 g/mol. The standard InChI is InChI=1S/C14H15NO6/c1-21-10-4-2-3-9(7-10)5-6-12(16)15-11(14(19)20)8-13(17)18/h2-7,11H,8H2,1H3,(H,15,16)(H,17,18)(H,19,20)/b6-5+. The molecule has 0 aliphatic rings. The SMILES string of the molecule is COc1cccc(/C=C/C(=O)NC(CC(=O)O)C(=O)O)c1. The van der Waals surface area contributed by atoms with Crippen LogP contribution in [-0.4, -0.2) is 41.2 Å². The van der Waals surface area contributed by atoms with Gasteiger partial charge in [-0.3, -0.25) is 9.59 Å². The summed E-state index contributed by atoms with van der Waals surface area (Å²) in [6.45, 7) is 0. The predicted octanol–water partition coefficient (Wildman–Crippen LogP) is 0.752. The van der Waals surface area contributed by atoms with Crippen LogP contribution in [-0.2, 0) is 14.4 Å². The number of aliphatic carboxylic acids is 2. The Morgan fingerprint density at radius 1 is 1.33 bits per heavy atom. The van der Waals surface area contributed by atoms with Gasteiger partial charge in [-0.1, -0.05) is 12.1 Å². The number of benzene rings is 1. The fourth-order valence-corrected chi connectivity index (χ4v) is 1.51. The zero-order valence-corrected chi connectivity index (χ0v) is 11.3. The topological polar surface area (TPSA) is 113 Å². The van der Waals surface area contributed by atoms with E-state index in [9.17, 15) is 14.4 Å². The Hall–Kier alpha value is -2.83. The van der Waals surface area contributed by atoms with Crippen LogP contribution in [0, 0.1) is 0 Å². The predicted molar refractivity (Wildman–Crippen MR) is 73.8 cm³/mol. The number of rotatable bonds is 7. The van der Waals surface area contributed by atoms with Crippen molar-refractivity contribution in [3.63, 3.8) is 0 Å². The highest BCUT2D eigenvalue weighted by molar-refractivity contribution is 5.95. The Balaban J connectivity index is 2.68. The maximum Gasteiger partial charge on any atom is 0.326 e. The van der Waals surface area contributed by atoms with Gasteiger partial charge in [0, 0.05) is 6.08 Å². The fraction of sp³-hybridized carbons (Fsp3) is 0.214. The summed E-state index contributed by atoms with van der Waals surface area (Å²) in [5, 5.41) is 19.5. The van der Waals surface area contributed by atoms with Gasteiger partial charge >= 0.3 is 11.9 Å². The van der Waals surface area contributed by atoms with Crippen molar-refractivity contribution >= 4 is 23.9 Å². The van der Waals surface area contributed by atoms with Crippen molar-refractivity contribution in [2.75, 3.05) is 7.11 Å². The molecule has 0 radical (unpaired) electrons. The third-order valence-corrected chi connectivity index (χ3v) is 2.51. The first-order valence-corrected chi connectivity index (χ1v) is 5.99. The van der Waals surface area contributed by atoms with Gasteiger partial charge in [0.1, 0.15) is 11.8 Å². The number of carboxylic acid groups (broad SMARTS) is 2. The van der Waals surface area contributed by atoms with Gasteiger partial charge in [-0.15, -0.1) is 0 Å². The van der Waals surface area contributed by atoms with Gasteiger partial charge in [-0.25, -0.2) is 4.79 Å². The zero-order chi connectivity index (χ0) is 15.8. The molecule has 1 amide bonds. The number of carbonyl (C=O) groups is 3. The Morgan fingerprint density at radius 3 is 2.62 bits per heavy atom. The van der Waals surface area contributed by atoms with E-state index < -0.39 is 30.3 Å². The van der Waals surface area contributed by atoms with Gasteiger partial charge in [-0.2, -0.15) is 0 Å². The van der Waals surface area contributed by atoms with E-state index in [-0.39, 0.29) is 0 Å². The van der Waals surface area contributed by atoms with Crippen molar-refractivity contribution in [1.82, 2.24) is 5.32 Å². The highest BCUT2D eigenvalue weighted by atomic mass is 16.5. The fourth-order valence-electron chi connectivity index (χ4n) is 1.51. The minimum atomic E-state index is -1.47. The zero-order valence-electron chi connectivity index (χ0n) is 11.3. The molecule has 3 N–H and O–H groups in total. The molecule has 0 spiro atoms. The third kappa shape index (κ3) is 5.77.